The highest BCUT2D eigenvalue weighted by molar-refractivity contribution is 8.00. The summed E-state index contributed by atoms with van der Waals surface area (Å²) in [4.78, 5) is 22.6. The lowest BCUT2D eigenvalue weighted by molar-refractivity contribution is -0.127. The van der Waals surface area contributed by atoms with Crippen molar-refractivity contribution in [3.8, 4) is 17.2 Å². The number of nitriles is 1. The van der Waals surface area contributed by atoms with Gasteiger partial charge in [0.05, 0.1) is 11.3 Å². The molecule has 1 amide bonds. The third-order valence-corrected chi connectivity index (χ3v) is 4.61. The van der Waals surface area contributed by atoms with Crippen molar-refractivity contribution in [3.63, 3.8) is 0 Å². The van der Waals surface area contributed by atoms with E-state index in [0.717, 1.165) is 16.8 Å². The molecule has 24 heavy (non-hydrogen) atoms. The van der Waals surface area contributed by atoms with Crippen LogP contribution in [-0.2, 0) is 4.79 Å². The second-order valence-electron chi connectivity index (χ2n) is 5.20. The first kappa shape index (κ1) is 18.0. The molecular weight excluding hydrogens is 320 g/mol. The van der Waals surface area contributed by atoms with Crippen LogP contribution in [0.15, 0.2) is 35.6 Å². The molecule has 124 valence electrons. The van der Waals surface area contributed by atoms with Crippen LogP contribution in [0, 0.1) is 18.3 Å². The second kappa shape index (κ2) is 8.46. The zero-order valence-electron chi connectivity index (χ0n) is 14.1. The number of amides is 1. The molecule has 0 fully saturated rings. The van der Waals surface area contributed by atoms with E-state index in [0.29, 0.717) is 23.7 Å². The quantitative estimate of drug-likeness (QED) is 0.755. The van der Waals surface area contributed by atoms with Crippen molar-refractivity contribution in [3.05, 3.63) is 41.9 Å². The number of rotatable bonds is 6. The van der Waals surface area contributed by atoms with Crippen molar-refractivity contribution >= 4 is 17.7 Å². The summed E-state index contributed by atoms with van der Waals surface area (Å²) in [6, 6.07) is 7.87. The fourth-order valence-electron chi connectivity index (χ4n) is 2.40. The van der Waals surface area contributed by atoms with Gasteiger partial charge in [0.2, 0.25) is 5.91 Å². The van der Waals surface area contributed by atoms with Crippen molar-refractivity contribution in [1.82, 2.24) is 14.9 Å². The summed E-state index contributed by atoms with van der Waals surface area (Å²) in [5.41, 5.74) is 2.98. The smallest absolute Gasteiger partial charge is 0.232 e. The number of carbonyl (C=O) groups is 1. The molecule has 5 nitrogen and oxygen atoms in total. The molecule has 2 aromatic heterocycles. The monoisotopic (exact) mass is 340 g/mol. The number of hydrogen-bond acceptors (Lipinski definition) is 5. The summed E-state index contributed by atoms with van der Waals surface area (Å²) in [7, 11) is 0. The van der Waals surface area contributed by atoms with Crippen LogP contribution in [0.1, 0.15) is 25.1 Å². The van der Waals surface area contributed by atoms with E-state index in [2.05, 4.69) is 16.0 Å². The van der Waals surface area contributed by atoms with Crippen molar-refractivity contribution in [1.29, 1.82) is 5.26 Å². The normalized spacial score (nSPS) is 10.2. The first-order chi connectivity index (χ1) is 11.6. The van der Waals surface area contributed by atoms with E-state index in [-0.39, 0.29) is 11.7 Å². The third kappa shape index (κ3) is 4.12. The molecule has 0 spiro atoms. The molecule has 2 rings (SSSR count). The minimum absolute atomic E-state index is 0.0557. The van der Waals surface area contributed by atoms with Crippen LogP contribution in [0.3, 0.4) is 0 Å². The maximum absolute atomic E-state index is 12.2. The molecule has 0 bridgehead atoms. The number of aryl methyl sites for hydroxylation is 1. The Morgan fingerprint density at radius 1 is 1.38 bits per heavy atom. The van der Waals surface area contributed by atoms with E-state index >= 15 is 0 Å². The number of hydrogen-bond donors (Lipinski definition) is 0. The zero-order valence-corrected chi connectivity index (χ0v) is 14.9. The Labute approximate surface area is 146 Å². The van der Waals surface area contributed by atoms with Crippen LogP contribution >= 0.6 is 11.8 Å². The third-order valence-electron chi connectivity index (χ3n) is 3.65. The fourth-order valence-corrected chi connectivity index (χ4v) is 3.36. The summed E-state index contributed by atoms with van der Waals surface area (Å²) in [5, 5.41) is 10.2. The van der Waals surface area contributed by atoms with Gasteiger partial charge in [0.1, 0.15) is 11.1 Å². The molecule has 0 saturated heterocycles. The average molecular weight is 340 g/mol. The fraction of sp³-hybridized carbons (Fsp3) is 0.333. The first-order valence-electron chi connectivity index (χ1n) is 7.83. The Morgan fingerprint density at radius 3 is 2.71 bits per heavy atom. The average Bonchev–Trinajstić information content (AvgIpc) is 2.61. The van der Waals surface area contributed by atoms with E-state index in [1.165, 1.54) is 11.8 Å². The summed E-state index contributed by atoms with van der Waals surface area (Å²) >= 11 is 1.32. The highest BCUT2D eigenvalue weighted by Crippen LogP contribution is 2.30. The number of pyridine rings is 2. The van der Waals surface area contributed by atoms with E-state index in [9.17, 15) is 10.1 Å². The van der Waals surface area contributed by atoms with Gasteiger partial charge in [0.15, 0.2) is 0 Å². The van der Waals surface area contributed by atoms with Crippen LogP contribution in [0.25, 0.3) is 11.1 Å². The van der Waals surface area contributed by atoms with Crippen molar-refractivity contribution < 1.29 is 4.79 Å². The van der Waals surface area contributed by atoms with E-state index in [1.54, 1.807) is 17.3 Å². The Kier molecular flexibility index (Phi) is 6.33. The van der Waals surface area contributed by atoms with Gasteiger partial charge in [-0.05, 0) is 32.9 Å². The predicted molar refractivity (Wildman–Crippen MR) is 95.6 cm³/mol. The lowest BCUT2D eigenvalue weighted by Gasteiger charge is -2.18. The summed E-state index contributed by atoms with van der Waals surface area (Å²) < 4.78 is 0. The van der Waals surface area contributed by atoms with Gasteiger partial charge < -0.3 is 4.90 Å². The Hall–Kier alpha value is -2.39. The topological polar surface area (TPSA) is 69.9 Å². The highest BCUT2D eigenvalue weighted by Gasteiger charge is 2.16. The molecule has 0 atom stereocenters. The summed E-state index contributed by atoms with van der Waals surface area (Å²) in [5.74, 6) is 0.333. The molecule has 0 saturated carbocycles. The molecule has 0 aromatic carbocycles. The Bertz CT molecular complexity index is 752. The molecular formula is C18H20N4OS. The van der Waals surface area contributed by atoms with Crippen molar-refractivity contribution in [2.75, 3.05) is 18.8 Å². The number of thioether (sulfide) groups is 1. The Balaban J connectivity index is 2.33. The van der Waals surface area contributed by atoms with Gasteiger partial charge in [-0.3, -0.25) is 9.78 Å². The van der Waals surface area contributed by atoms with Crippen LogP contribution in [-0.4, -0.2) is 39.6 Å². The van der Waals surface area contributed by atoms with E-state index in [1.807, 2.05) is 39.0 Å². The maximum Gasteiger partial charge on any atom is 0.232 e. The molecule has 0 aliphatic heterocycles. The van der Waals surface area contributed by atoms with Gasteiger partial charge in [-0.1, -0.05) is 17.8 Å². The van der Waals surface area contributed by atoms with Gasteiger partial charge >= 0.3 is 0 Å². The predicted octanol–water partition coefficient (Wildman–Crippen LogP) is 3.28. The van der Waals surface area contributed by atoms with Gasteiger partial charge in [0.25, 0.3) is 0 Å². The molecule has 0 aliphatic rings. The van der Waals surface area contributed by atoms with Crippen LogP contribution in [0.4, 0.5) is 0 Å². The van der Waals surface area contributed by atoms with E-state index < -0.39 is 0 Å². The van der Waals surface area contributed by atoms with Crippen LogP contribution in [0.5, 0.6) is 0 Å². The number of nitrogens with zero attached hydrogens (tertiary/aromatic N) is 4. The number of aromatic nitrogens is 2. The van der Waals surface area contributed by atoms with Crippen LogP contribution in [0.2, 0.25) is 0 Å². The standard InChI is InChI=1S/C18H20N4OS/c1-4-22(5-2)17(23)12-24-18-16(10-19)15(9-13(3)21-18)14-7-6-8-20-11-14/h6-9,11H,4-5,12H2,1-3H3. The van der Waals surface area contributed by atoms with Gasteiger partial charge in [-0.2, -0.15) is 5.26 Å². The van der Waals surface area contributed by atoms with Crippen molar-refractivity contribution in [2.45, 2.75) is 25.8 Å². The van der Waals surface area contributed by atoms with Gasteiger partial charge in [-0.25, -0.2) is 4.98 Å². The molecule has 0 unspecified atom stereocenters. The highest BCUT2D eigenvalue weighted by atomic mass is 32.2. The SMILES string of the molecule is CCN(CC)C(=O)CSc1nc(C)cc(-c2cccnc2)c1C#N. The summed E-state index contributed by atoms with van der Waals surface area (Å²) in [6.07, 6.45) is 3.42. The largest absolute Gasteiger partial charge is 0.343 e. The molecule has 0 radical (unpaired) electrons. The first-order valence-corrected chi connectivity index (χ1v) is 8.81. The second-order valence-corrected chi connectivity index (χ2v) is 6.16. The lowest BCUT2D eigenvalue weighted by atomic mass is 10.0. The molecule has 2 heterocycles. The Morgan fingerprint density at radius 2 is 2.12 bits per heavy atom. The number of carbonyl (C=O) groups excluding carboxylic acids is 1. The maximum atomic E-state index is 12.2. The zero-order chi connectivity index (χ0) is 17.5. The summed E-state index contributed by atoms with van der Waals surface area (Å²) in [6.45, 7) is 7.17. The minimum Gasteiger partial charge on any atom is -0.343 e. The van der Waals surface area contributed by atoms with E-state index in [4.69, 9.17) is 0 Å². The molecule has 0 N–H and O–H groups in total. The lowest BCUT2D eigenvalue weighted by Crippen LogP contribution is -2.31. The minimum atomic E-state index is 0.0557. The van der Waals surface area contributed by atoms with Gasteiger partial charge in [-0.15, -0.1) is 0 Å². The molecule has 0 aliphatic carbocycles. The van der Waals surface area contributed by atoms with Crippen molar-refractivity contribution in [2.24, 2.45) is 0 Å². The van der Waals surface area contributed by atoms with Crippen LogP contribution < -0.4 is 0 Å². The van der Waals surface area contributed by atoms with Gasteiger partial charge in [0, 0.05) is 42.3 Å². The molecule has 2 aromatic rings. The molecule has 6 heteroatoms.